The average Bonchev–Trinajstić information content (AvgIpc) is 3.55. The van der Waals surface area contributed by atoms with E-state index in [0.29, 0.717) is 11.4 Å². The van der Waals surface area contributed by atoms with Gasteiger partial charge in [0.15, 0.2) is 5.76 Å². The molecule has 0 bridgehead atoms. The highest BCUT2D eigenvalue weighted by Gasteiger charge is 2.65. The van der Waals surface area contributed by atoms with Crippen LogP contribution in [-0.2, 0) is 9.59 Å². The molecule has 0 spiro atoms. The summed E-state index contributed by atoms with van der Waals surface area (Å²) < 4.78 is 10.8. The third-order valence-corrected chi connectivity index (χ3v) is 6.82. The first kappa shape index (κ1) is 19.5. The van der Waals surface area contributed by atoms with E-state index < -0.39 is 29.8 Å². The van der Waals surface area contributed by atoms with Crippen molar-refractivity contribution in [3.8, 4) is 5.75 Å². The maximum Gasteiger partial charge on any atom is 0.240 e. The van der Waals surface area contributed by atoms with Gasteiger partial charge in [-0.2, -0.15) is 0 Å². The van der Waals surface area contributed by atoms with Crippen molar-refractivity contribution in [3.63, 3.8) is 0 Å². The minimum Gasteiger partial charge on any atom is -0.495 e. The quantitative estimate of drug-likeness (QED) is 0.455. The molecule has 3 aromatic rings. The Kier molecular flexibility index (Phi) is 4.26. The summed E-state index contributed by atoms with van der Waals surface area (Å²) in [4.78, 5) is 44.3. The lowest BCUT2D eigenvalue weighted by Crippen LogP contribution is -2.44. The highest BCUT2D eigenvalue weighted by Crippen LogP contribution is 2.54. The number of methoxy groups -OCH3 is 1. The van der Waals surface area contributed by atoms with E-state index in [0.717, 1.165) is 11.1 Å². The fourth-order valence-corrected chi connectivity index (χ4v) is 5.47. The van der Waals surface area contributed by atoms with Gasteiger partial charge in [-0.3, -0.25) is 14.4 Å². The van der Waals surface area contributed by atoms with Gasteiger partial charge in [0.25, 0.3) is 0 Å². The highest BCUT2D eigenvalue weighted by molar-refractivity contribution is 6.25. The topological polar surface area (TPSA) is 80.1 Å². The largest absolute Gasteiger partial charge is 0.495 e. The molecule has 0 aliphatic carbocycles. The summed E-state index contributed by atoms with van der Waals surface area (Å²) in [7, 11) is 1.50. The first-order chi connectivity index (χ1) is 16.1. The standard InChI is InChI=1S/C26H20N2O5/c1-32-18-10-5-4-9-17(18)28-25(30)20-21(26(28)31)23(24(29)19-11-6-14-33-19)27-13-12-15-7-2-3-8-16(15)22(20)27/h2-14,20-23H,1H3/t20-,21+,22-,23-/m0/s1. The zero-order chi connectivity index (χ0) is 22.7. The van der Waals surface area contributed by atoms with Crippen LogP contribution in [0.5, 0.6) is 5.75 Å². The average molecular weight is 440 g/mol. The number of amides is 2. The predicted octanol–water partition coefficient (Wildman–Crippen LogP) is 3.69. The summed E-state index contributed by atoms with van der Waals surface area (Å²) in [6.07, 6.45) is 5.17. The van der Waals surface area contributed by atoms with Gasteiger partial charge < -0.3 is 14.1 Å². The summed E-state index contributed by atoms with van der Waals surface area (Å²) in [5.41, 5.74) is 2.28. The van der Waals surface area contributed by atoms with Gasteiger partial charge in [0.05, 0.1) is 36.9 Å². The molecule has 6 rings (SSSR count). The van der Waals surface area contributed by atoms with Gasteiger partial charge in [0.2, 0.25) is 17.6 Å². The lowest BCUT2D eigenvalue weighted by atomic mass is 9.84. The Morgan fingerprint density at radius 1 is 0.939 bits per heavy atom. The first-order valence-corrected chi connectivity index (χ1v) is 10.7. The van der Waals surface area contributed by atoms with Crippen LogP contribution in [0.1, 0.15) is 27.7 Å². The number of para-hydroxylation sites is 2. The molecular weight excluding hydrogens is 420 g/mol. The molecule has 1 aromatic heterocycles. The number of fused-ring (bicyclic) bond motifs is 5. The van der Waals surface area contributed by atoms with Gasteiger partial charge >= 0.3 is 0 Å². The molecule has 2 amide bonds. The van der Waals surface area contributed by atoms with Crippen LogP contribution in [0.3, 0.4) is 0 Å². The molecule has 0 unspecified atom stereocenters. The van der Waals surface area contributed by atoms with Crippen molar-refractivity contribution in [3.05, 3.63) is 90.0 Å². The van der Waals surface area contributed by atoms with Crippen LogP contribution in [0.25, 0.3) is 6.08 Å². The van der Waals surface area contributed by atoms with E-state index >= 15 is 0 Å². The molecule has 7 heteroatoms. The van der Waals surface area contributed by atoms with Crippen molar-refractivity contribution in [2.75, 3.05) is 12.0 Å². The van der Waals surface area contributed by atoms with E-state index in [4.69, 9.17) is 9.15 Å². The maximum atomic E-state index is 13.8. The number of rotatable bonds is 4. The molecule has 2 saturated heterocycles. The fraction of sp³-hybridized carbons (Fsp3) is 0.192. The second kappa shape index (κ2) is 7.20. The number of hydrogen-bond donors (Lipinski definition) is 0. The zero-order valence-corrected chi connectivity index (χ0v) is 17.8. The number of benzene rings is 2. The number of hydrogen-bond acceptors (Lipinski definition) is 6. The Labute approximate surface area is 189 Å². The van der Waals surface area contributed by atoms with E-state index in [1.807, 2.05) is 41.4 Å². The van der Waals surface area contributed by atoms with Crippen molar-refractivity contribution < 1.29 is 23.5 Å². The van der Waals surface area contributed by atoms with E-state index in [1.165, 1.54) is 18.3 Å². The monoisotopic (exact) mass is 440 g/mol. The van der Waals surface area contributed by atoms with Gasteiger partial charge in [0.1, 0.15) is 11.8 Å². The highest BCUT2D eigenvalue weighted by atomic mass is 16.5. The Bertz CT molecular complexity index is 1310. The van der Waals surface area contributed by atoms with Gasteiger partial charge in [-0.05, 0) is 41.5 Å². The van der Waals surface area contributed by atoms with Crippen molar-refractivity contribution in [1.82, 2.24) is 4.90 Å². The molecule has 3 aliphatic rings. The molecule has 164 valence electrons. The summed E-state index contributed by atoms with van der Waals surface area (Å²) >= 11 is 0. The Hall–Kier alpha value is -4.13. The number of imide groups is 1. The molecule has 0 radical (unpaired) electrons. The van der Waals surface area contributed by atoms with Crippen LogP contribution in [0.2, 0.25) is 0 Å². The van der Waals surface area contributed by atoms with Crippen LogP contribution in [0.4, 0.5) is 5.69 Å². The molecule has 7 nitrogen and oxygen atoms in total. The second-order valence-electron chi connectivity index (χ2n) is 8.36. The molecular formula is C26H20N2O5. The summed E-state index contributed by atoms with van der Waals surface area (Å²) in [6.45, 7) is 0. The molecule has 4 atom stereocenters. The lowest BCUT2D eigenvalue weighted by molar-refractivity contribution is -0.123. The summed E-state index contributed by atoms with van der Waals surface area (Å²) in [5, 5.41) is 0. The number of ketones is 1. The van der Waals surface area contributed by atoms with Gasteiger partial charge in [-0.1, -0.05) is 36.4 Å². The van der Waals surface area contributed by atoms with Crippen LogP contribution in [-0.4, -0.2) is 35.6 Å². The van der Waals surface area contributed by atoms with Crippen molar-refractivity contribution in [2.45, 2.75) is 12.1 Å². The zero-order valence-electron chi connectivity index (χ0n) is 17.8. The molecule has 0 N–H and O–H groups in total. The second-order valence-corrected chi connectivity index (χ2v) is 8.36. The van der Waals surface area contributed by atoms with Crippen LogP contribution in [0.15, 0.2) is 77.5 Å². The smallest absolute Gasteiger partial charge is 0.240 e. The normalized spacial score (nSPS) is 25.1. The summed E-state index contributed by atoms with van der Waals surface area (Å²) in [5.74, 6) is -2.01. The number of nitrogens with zero attached hydrogens (tertiary/aromatic N) is 2. The van der Waals surface area contributed by atoms with Crippen LogP contribution < -0.4 is 9.64 Å². The number of furan rings is 1. The Morgan fingerprint density at radius 2 is 1.70 bits per heavy atom. The predicted molar refractivity (Wildman–Crippen MR) is 119 cm³/mol. The van der Waals surface area contributed by atoms with E-state index in [9.17, 15) is 14.4 Å². The van der Waals surface area contributed by atoms with Crippen molar-refractivity contribution in [2.24, 2.45) is 11.8 Å². The Balaban J connectivity index is 1.52. The lowest BCUT2D eigenvalue weighted by Gasteiger charge is -2.35. The molecule has 4 heterocycles. The number of ether oxygens (including phenoxy) is 1. The van der Waals surface area contributed by atoms with E-state index in [-0.39, 0.29) is 17.5 Å². The number of Topliss-reactive ketones (excluding diaryl/α,β-unsaturated/α-hetero) is 1. The molecule has 3 aliphatic heterocycles. The van der Waals surface area contributed by atoms with E-state index in [2.05, 4.69) is 0 Å². The minimum atomic E-state index is -0.855. The van der Waals surface area contributed by atoms with Gasteiger partial charge in [-0.15, -0.1) is 0 Å². The maximum absolute atomic E-state index is 13.8. The number of anilines is 1. The van der Waals surface area contributed by atoms with Crippen LogP contribution >= 0.6 is 0 Å². The molecule has 33 heavy (non-hydrogen) atoms. The van der Waals surface area contributed by atoms with E-state index in [1.54, 1.807) is 36.4 Å². The van der Waals surface area contributed by atoms with Crippen molar-refractivity contribution >= 4 is 29.4 Å². The van der Waals surface area contributed by atoms with Crippen molar-refractivity contribution in [1.29, 1.82) is 0 Å². The summed E-state index contributed by atoms with van der Waals surface area (Å²) in [6, 6.07) is 16.6. The first-order valence-electron chi connectivity index (χ1n) is 10.7. The fourth-order valence-electron chi connectivity index (χ4n) is 5.47. The van der Waals surface area contributed by atoms with Gasteiger partial charge in [0, 0.05) is 6.20 Å². The number of carbonyl (C=O) groups is 3. The minimum absolute atomic E-state index is 0.169. The SMILES string of the molecule is COc1ccccc1N1C(=O)[C@@H]2[C@H](C1=O)[C@@H]1c3ccccc3C=CN1[C@@H]2C(=O)c1ccco1. The molecule has 2 fully saturated rings. The third-order valence-electron chi connectivity index (χ3n) is 6.82. The third kappa shape index (κ3) is 2.65. The Morgan fingerprint density at radius 3 is 2.48 bits per heavy atom. The van der Waals surface area contributed by atoms with Gasteiger partial charge in [-0.25, -0.2) is 4.90 Å². The molecule has 0 saturated carbocycles. The molecule has 2 aromatic carbocycles. The number of carbonyl (C=O) groups excluding carboxylic acids is 3. The van der Waals surface area contributed by atoms with Crippen LogP contribution in [0, 0.1) is 11.8 Å².